The third-order valence-corrected chi connectivity index (χ3v) is 3.03. The maximum absolute atomic E-state index is 5.62. The van der Waals surface area contributed by atoms with Crippen LogP contribution in [0.4, 0.5) is 0 Å². The molecule has 0 amide bonds. The zero-order valence-corrected chi connectivity index (χ0v) is 13.9. The van der Waals surface area contributed by atoms with Crippen LogP contribution in [0.3, 0.4) is 0 Å². The van der Waals surface area contributed by atoms with Gasteiger partial charge in [-0.1, -0.05) is 12.1 Å². The van der Waals surface area contributed by atoms with Crippen molar-refractivity contribution >= 4 is 17.0 Å². The van der Waals surface area contributed by atoms with Gasteiger partial charge >= 0.3 is 0 Å². The van der Waals surface area contributed by atoms with Crippen molar-refractivity contribution in [3.05, 3.63) is 29.8 Å². The monoisotopic (exact) mass is 315 g/mol. The number of hydrogen-bond acceptors (Lipinski definition) is 2. The zero-order valence-electron chi connectivity index (χ0n) is 12.1. The molecular weight excluding hydrogens is 290 g/mol. The van der Waals surface area contributed by atoms with Crippen LogP contribution in [0.2, 0.25) is 0 Å². The van der Waals surface area contributed by atoms with Crippen molar-refractivity contribution < 1.29 is 4.74 Å². The van der Waals surface area contributed by atoms with Gasteiger partial charge in [0.25, 0.3) is 0 Å². The van der Waals surface area contributed by atoms with Crippen LogP contribution >= 0.6 is 17.0 Å². The van der Waals surface area contributed by atoms with Crippen molar-refractivity contribution in [2.24, 2.45) is 0 Å². The van der Waals surface area contributed by atoms with Gasteiger partial charge in [-0.25, -0.2) is 0 Å². The number of rotatable bonds is 6. The number of benzene rings is 1. The first-order valence-corrected chi connectivity index (χ1v) is 6.41. The largest absolute Gasteiger partial charge is 0.491 e. The molecule has 1 atom stereocenters. The molecule has 104 valence electrons. The standard InChI is InChI=1S/C15H25NO.BrH/c1-12(2)17-15-10-8-14(9-11-15)7-6-13(3)16(4)5;/h8-13H,6-7H2,1-5H3;1H. The molecule has 1 aromatic carbocycles. The lowest BCUT2D eigenvalue weighted by molar-refractivity contribution is 0.242. The lowest BCUT2D eigenvalue weighted by Gasteiger charge is -2.19. The second-order valence-corrected chi connectivity index (χ2v) is 5.16. The fourth-order valence-corrected chi connectivity index (χ4v) is 1.64. The lowest BCUT2D eigenvalue weighted by atomic mass is 10.1. The molecule has 0 radical (unpaired) electrons. The van der Waals surface area contributed by atoms with Crippen molar-refractivity contribution in [1.29, 1.82) is 0 Å². The molecule has 3 heteroatoms. The molecule has 0 heterocycles. The van der Waals surface area contributed by atoms with Crippen LogP contribution < -0.4 is 4.74 Å². The number of hydrogen-bond donors (Lipinski definition) is 0. The number of halogens is 1. The Morgan fingerprint density at radius 3 is 2.06 bits per heavy atom. The van der Waals surface area contributed by atoms with Crippen LogP contribution in [0.1, 0.15) is 32.8 Å². The van der Waals surface area contributed by atoms with E-state index in [-0.39, 0.29) is 23.1 Å². The van der Waals surface area contributed by atoms with E-state index in [1.54, 1.807) is 0 Å². The summed E-state index contributed by atoms with van der Waals surface area (Å²) in [6.45, 7) is 6.36. The summed E-state index contributed by atoms with van der Waals surface area (Å²) in [6, 6.07) is 9.09. The maximum atomic E-state index is 5.62. The van der Waals surface area contributed by atoms with Crippen LogP contribution in [0.25, 0.3) is 0 Å². The summed E-state index contributed by atoms with van der Waals surface area (Å²) in [5, 5.41) is 0. The molecule has 2 nitrogen and oxygen atoms in total. The molecule has 1 aromatic rings. The molecule has 18 heavy (non-hydrogen) atoms. The first-order chi connectivity index (χ1) is 7.99. The average molecular weight is 316 g/mol. The number of nitrogens with zero attached hydrogens (tertiary/aromatic N) is 1. The first kappa shape index (κ1) is 17.5. The average Bonchev–Trinajstić information content (AvgIpc) is 2.26. The van der Waals surface area contributed by atoms with E-state index in [0.717, 1.165) is 12.2 Å². The first-order valence-electron chi connectivity index (χ1n) is 6.41. The molecule has 0 spiro atoms. The topological polar surface area (TPSA) is 12.5 Å². The van der Waals surface area contributed by atoms with E-state index >= 15 is 0 Å². The highest BCUT2D eigenvalue weighted by molar-refractivity contribution is 8.93. The Hall–Kier alpha value is -0.540. The van der Waals surface area contributed by atoms with Gasteiger partial charge in [0, 0.05) is 6.04 Å². The number of aryl methyl sites for hydroxylation is 1. The van der Waals surface area contributed by atoms with Crippen molar-refractivity contribution in [1.82, 2.24) is 4.90 Å². The SMILES string of the molecule is Br.CC(C)Oc1ccc(CCC(C)N(C)C)cc1. The van der Waals surface area contributed by atoms with Crippen LogP contribution in [0.5, 0.6) is 5.75 Å². The van der Waals surface area contributed by atoms with Gasteiger partial charge in [-0.05, 0) is 65.4 Å². The maximum Gasteiger partial charge on any atom is 0.119 e. The van der Waals surface area contributed by atoms with Gasteiger partial charge in [0.1, 0.15) is 5.75 Å². The molecular formula is C15H26BrNO. The number of ether oxygens (including phenoxy) is 1. The minimum absolute atomic E-state index is 0. The quantitative estimate of drug-likeness (QED) is 0.788. The molecule has 0 aliphatic rings. The van der Waals surface area contributed by atoms with E-state index in [1.807, 2.05) is 13.8 Å². The van der Waals surface area contributed by atoms with Gasteiger partial charge in [0.05, 0.1) is 6.10 Å². The van der Waals surface area contributed by atoms with Gasteiger partial charge < -0.3 is 9.64 Å². The van der Waals surface area contributed by atoms with Crippen LogP contribution in [0.15, 0.2) is 24.3 Å². The van der Waals surface area contributed by atoms with E-state index in [4.69, 9.17) is 4.74 Å². The molecule has 0 aliphatic heterocycles. The Balaban J connectivity index is 0.00000289. The highest BCUT2D eigenvalue weighted by Crippen LogP contribution is 2.15. The fourth-order valence-electron chi connectivity index (χ4n) is 1.64. The van der Waals surface area contributed by atoms with E-state index in [9.17, 15) is 0 Å². The normalized spacial score (nSPS) is 12.4. The van der Waals surface area contributed by atoms with Crippen molar-refractivity contribution in [3.63, 3.8) is 0 Å². The van der Waals surface area contributed by atoms with Crippen molar-refractivity contribution in [3.8, 4) is 5.75 Å². The summed E-state index contributed by atoms with van der Waals surface area (Å²) in [4.78, 5) is 2.26. The lowest BCUT2D eigenvalue weighted by Crippen LogP contribution is -2.24. The van der Waals surface area contributed by atoms with Gasteiger partial charge in [-0.2, -0.15) is 0 Å². The van der Waals surface area contributed by atoms with Gasteiger partial charge in [-0.3, -0.25) is 0 Å². The van der Waals surface area contributed by atoms with Crippen LogP contribution in [-0.4, -0.2) is 31.1 Å². The van der Waals surface area contributed by atoms with E-state index in [2.05, 4.69) is 50.2 Å². The summed E-state index contributed by atoms with van der Waals surface area (Å²) >= 11 is 0. The van der Waals surface area contributed by atoms with Gasteiger partial charge in [0.2, 0.25) is 0 Å². The Morgan fingerprint density at radius 2 is 1.61 bits per heavy atom. The second kappa shape index (κ2) is 8.54. The highest BCUT2D eigenvalue weighted by Gasteiger charge is 2.05. The van der Waals surface area contributed by atoms with E-state index in [1.165, 1.54) is 12.0 Å². The van der Waals surface area contributed by atoms with Crippen molar-refractivity contribution in [2.75, 3.05) is 14.1 Å². The molecule has 0 fully saturated rings. The second-order valence-electron chi connectivity index (χ2n) is 5.16. The molecule has 0 N–H and O–H groups in total. The smallest absolute Gasteiger partial charge is 0.119 e. The third-order valence-electron chi connectivity index (χ3n) is 3.03. The van der Waals surface area contributed by atoms with Gasteiger partial charge in [0.15, 0.2) is 0 Å². The summed E-state index contributed by atoms with van der Waals surface area (Å²) in [6.07, 6.45) is 2.56. The summed E-state index contributed by atoms with van der Waals surface area (Å²) in [5.41, 5.74) is 1.38. The Bertz CT molecular complexity index is 322. The highest BCUT2D eigenvalue weighted by atomic mass is 79.9. The zero-order chi connectivity index (χ0) is 12.8. The fraction of sp³-hybridized carbons (Fsp3) is 0.600. The molecule has 0 bridgehead atoms. The summed E-state index contributed by atoms with van der Waals surface area (Å²) in [7, 11) is 4.26. The van der Waals surface area contributed by atoms with Crippen LogP contribution in [0, 0.1) is 0 Å². The Kier molecular flexibility index (Phi) is 8.29. The summed E-state index contributed by atoms with van der Waals surface area (Å²) < 4.78 is 5.62. The Morgan fingerprint density at radius 1 is 1.06 bits per heavy atom. The minimum Gasteiger partial charge on any atom is -0.491 e. The molecule has 0 saturated heterocycles. The van der Waals surface area contributed by atoms with E-state index in [0.29, 0.717) is 6.04 Å². The predicted molar refractivity (Wildman–Crippen MR) is 84.0 cm³/mol. The van der Waals surface area contributed by atoms with Crippen LogP contribution in [-0.2, 0) is 6.42 Å². The summed E-state index contributed by atoms with van der Waals surface area (Å²) in [5.74, 6) is 0.962. The molecule has 0 saturated carbocycles. The van der Waals surface area contributed by atoms with Gasteiger partial charge in [-0.15, -0.1) is 17.0 Å². The van der Waals surface area contributed by atoms with Crippen molar-refractivity contribution in [2.45, 2.75) is 45.8 Å². The Labute approximate surface area is 122 Å². The van der Waals surface area contributed by atoms with E-state index < -0.39 is 0 Å². The third kappa shape index (κ3) is 6.41. The molecule has 1 unspecified atom stereocenters. The molecule has 0 aliphatic carbocycles. The predicted octanol–water partition coefficient (Wildman–Crippen LogP) is 3.93. The minimum atomic E-state index is 0. The molecule has 0 aromatic heterocycles. The molecule has 1 rings (SSSR count).